The number of nitrogens with one attached hydrogen (secondary N) is 2. The minimum Gasteiger partial charge on any atom is -0.354 e. The van der Waals surface area contributed by atoms with E-state index in [-0.39, 0.29) is 24.2 Å². The lowest BCUT2D eigenvalue weighted by molar-refractivity contribution is -0.119. The van der Waals surface area contributed by atoms with Crippen LogP contribution in [0.25, 0.3) is 0 Å². The van der Waals surface area contributed by atoms with Crippen LogP contribution in [0.15, 0.2) is 6.20 Å². The van der Waals surface area contributed by atoms with E-state index in [9.17, 15) is 9.18 Å². The average Bonchev–Trinajstić information content (AvgIpc) is 2.36. The van der Waals surface area contributed by atoms with Crippen molar-refractivity contribution in [1.82, 2.24) is 15.3 Å². The SMILES string of the molecule is CC(C)CNC(=O)CN(C)c1nc(NN)ncc1F. The number of hydrogen-bond acceptors (Lipinski definition) is 6. The lowest BCUT2D eigenvalue weighted by atomic mass is 10.2. The number of halogens is 1. The molecule has 0 unspecified atom stereocenters. The summed E-state index contributed by atoms with van der Waals surface area (Å²) in [5, 5.41) is 2.74. The summed E-state index contributed by atoms with van der Waals surface area (Å²) in [5.41, 5.74) is 2.23. The van der Waals surface area contributed by atoms with Gasteiger partial charge in [-0.25, -0.2) is 15.2 Å². The van der Waals surface area contributed by atoms with Crippen molar-refractivity contribution in [2.75, 3.05) is 30.5 Å². The van der Waals surface area contributed by atoms with Crippen molar-refractivity contribution in [1.29, 1.82) is 0 Å². The number of hydrazine groups is 1. The third-order valence-corrected chi connectivity index (χ3v) is 2.30. The molecule has 7 nitrogen and oxygen atoms in total. The molecular formula is C11H19FN6O. The summed E-state index contributed by atoms with van der Waals surface area (Å²) in [7, 11) is 1.57. The molecule has 1 heterocycles. The number of hydrogen-bond donors (Lipinski definition) is 3. The van der Waals surface area contributed by atoms with E-state index in [1.165, 1.54) is 4.90 Å². The van der Waals surface area contributed by atoms with E-state index in [1.54, 1.807) is 7.05 Å². The minimum atomic E-state index is -0.613. The highest BCUT2D eigenvalue weighted by molar-refractivity contribution is 5.80. The van der Waals surface area contributed by atoms with Crippen molar-refractivity contribution < 1.29 is 9.18 Å². The molecule has 0 radical (unpaired) electrons. The molecule has 0 aliphatic carbocycles. The fraction of sp³-hybridized carbons (Fsp3) is 0.545. The standard InChI is InChI=1S/C11H19FN6O/c1-7(2)4-14-9(19)6-18(3)10-8(12)5-15-11(16-10)17-13/h5,7H,4,6,13H2,1-3H3,(H,14,19)(H,15,16,17). The summed E-state index contributed by atoms with van der Waals surface area (Å²) in [6, 6.07) is 0. The number of likely N-dealkylation sites (N-methyl/N-ethyl adjacent to an activating group) is 1. The Morgan fingerprint density at radius 3 is 2.84 bits per heavy atom. The molecule has 1 aromatic heterocycles. The molecule has 106 valence electrons. The van der Waals surface area contributed by atoms with Crippen LogP contribution in [-0.4, -0.2) is 36.0 Å². The third kappa shape index (κ3) is 4.66. The van der Waals surface area contributed by atoms with Gasteiger partial charge in [0.2, 0.25) is 11.9 Å². The predicted octanol–water partition coefficient (Wildman–Crippen LogP) is 0.110. The fourth-order valence-electron chi connectivity index (χ4n) is 1.36. The molecule has 0 atom stereocenters. The minimum absolute atomic E-state index is 0.00463. The second-order valence-electron chi connectivity index (χ2n) is 4.56. The number of nitrogens with two attached hydrogens (primary N) is 1. The first kappa shape index (κ1) is 15.1. The van der Waals surface area contributed by atoms with Gasteiger partial charge in [-0.15, -0.1) is 0 Å². The van der Waals surface area contributed by atoms with Crippen LogP contribution >= 0.6 is 0 Å². The van der Waals surface area contributed by atoms with Crippen molar-refractivity contribution in [3.05, 3.63) is 12.0 Å². The van der Waals surface area contributed by atoms with Gasteiger partial charge in [0.25, 0.3) is 0 Å². The quantitative estimate of drug-likeness (QED) is 0.501. The highest BCUT2D eigenvalue weighted by Crippen LogP contribution is 2.15. The van der Waals surface area contributed by atoms with Gasteiger partial charge >= 0.3 is 0 Å². The van der Waals surface area contributed by atoms with Gasteiger partial charge in [0.05, 0.1) is 12.7 Å². The second-order valence-corrected chi connectivity index (χ2v) is 4.56. The first-order chi connectivity index (χ1) is 8.93. The van der Waals surface area contributed by atoms with E-state index in [2.05, 4.69) is 20.7 Å². The molecule has 19 heavy (non-hydrogen) atoms. The highest BCUT2D eigenvalue weighted by Gasteiger charge is 2.14. The molecule has 0 aliphatic heterocycles. The molecule has 0 fully saturated rings. The van der Waals surface area contributed by atoms with E-state index in [1.807, 2.05) is 13.8 Å². The lowest BCUT2D eigenvalue weighted by Crippen LogP contribution is -2.37. The molecule has 1 aromatic rings. The van der Waals surface area contributed by atoms with Crippen molar-refractivity contribution in [2.45, 2.75) is 13.8 Å². The highest BCUT2D eigenvalue weighted by atomic mass is 19.1. The number of rotatable bonds is 6. The van der Waals surface area contributed by atoms with Crippen LogP contribution in [0.1, 0.15) is 13.8 Å². The maximum Gasteiger partial charge on any atom is 0.239 e. The van der Waals surface area contributed by atoms with Gasteiger partial charge in [0.1, 0.15) is 0 Å². The zero-order chi connectivity index (χ0) is 14.4. The normalized spacial score (nSPS) is 10.4. The Morgan fingerprint density at radius 2 is 2.26 bits per heavy atom. The zero-order valence-corrected chi connectivity index (χ0v) is 11.3. The Kier molecular flexibility index (Phi) is 5.43. The molecule has 0 aromatic carbocycles. The van der Waals surface area contributed by atoms with Crippen LogP contribution in [0.3, 0.4) is 0 Å². The Morgan fingerprint density at radius 1 is 1.58 bits per heavy atom. The van der Waals surface area contributed by atoms with E-state index in [4.69, 9.17) is 5.84 Å². The molecule has 4 N–H and O–H groups in total. The topological polar surface area (TPSA) is 96.2 Å². The Hall–Kier alpha value is -1.96. The van der Waals surface area contributed by atoms with Crippen LogP contribution in [0.5, 0.6) is 0 Å². The van der Waals surface area contributed by atoms with Crippen LogP contribution in [0, 0.1) is 11.7 Å². The summed E-state index contributed by atoms with van der Waals surface area (Å²) in [4.78, 5) is 20.5. The average molecular weight is 270 g/mol. The molecule has 1 rings (SSSR count). The van der Waals surface area contributed by atoms with Gasteiger partial charge in [-0.1, -0.05) is 13.8 Å². The van der Waals surface area contributed by atoms with Gasteiger partial charge in [-0.2, -0.15) is 4.98 Å². The van der Waals surface area contributed by atoms with E-state index in [0.717, 1.165) is 6.20 Å². The molecule has 8 heteroatoms. The molecule has 0 saturated heterocycles. The summed E-state index contributed by atoms with van der Waals surface area (Å²) in [5.74, 6) is 4.81. The van der Waals surface area contributed by atoms with Gasteiger partial charge < -0.3 is 10.2 Å². The van der Waals surface area contributed by atoms with E-state index >= 15 is 0 Å². The number of carbonyl (C=O) groups is 1. The maximum atomic E-state index is 13.6. The van der Waals surface area contributed by atoms with Crippen LogP contribution in [-0.2, 0) is 4.79 Å². The number of aromatic nitrogens is 2. The van der Waals surface area contributed by atoms with Crippen molar-refractivity contribution in [3.8, 4) is 0 Å². The second kappa shape index (κ2) is 6.83. The molecule has 0 saturated carbocycles. The summed E-state index contributed by atoms with van der Waals surface area (Å²) >= 11 is 0. The third-order valence-electron chi connectivity index (χ3n) is 2.30. The first-order valence-corrected chi connectivity index (χ1v) is 5.91. The van der Waals surface area contributed by atoms with Gasteiger partial charge in [0, 0.05) is 13.6 Å². The Labute approximate surface area is 111 Å². The largest absolute Gasteiger partial charge is 0.354 e. The first-order valence-electron chi connectivity index (χ1n) is 5.91. The molecular weight excluding hydrogens is 251 g/mol. The Bertz CT molecular complexity index is 439. The van der Waals surface area contributed by atoms with Gasteiger partial charge in [-0.3, -0.25) is 10.2 Å². The monoisotopic (exact) mass is 270 g/mol. The number of nitrogens with zero attached hydrogens (tertiary/aromatic N) is 3. The van der Waals surface area contributed by atoms with E-state index < -0.39 is 5.82 Å². The van der Waals surface area contributed by atoms with Crippen molar-refractivity contribution in [3.63, 3.8) is 0 Å². The van der Waals surface area contributed by atoms with Crippen molar-refractivity contribution in [2.24, 2.45) is 11.8 Å². The smallest absolute Gasteiger partial charge is 0.239 e. The number of amides is 1. The summed E-state index contributed by atoms with van der Waals surface area (Å²) in [6.07, 6.45) is 1.00. The lowest BCUT2D eigenvalue weighted by Gasteiger charge is -2.18. The molecule has 0 aliphatic rings. The maximum absolute atomic E-state index is 13.6. The van der Waals surface area contributed by atoms with Crippen LogP contribution in [0.2, 0.25) is 0 Å². The van der Waals surface area contributed by atoms with Crippen LogP contribution < -0.4 is 21.5 Å². The van der Waals surface area contributed by atoms with E-state index in [0.29, 0.717) is 12.5 Å². The number of anilines is 2. The number of carbonyl (C=O) groups excluding carboxylic acids is 1. The number of nitrogen functional groups attached to an aromatic ring is 1. The molecule has 0 bridgehead atoms. The molecule has 0 spiro atoms. The molecule has 1 amide bonds. The predicted molar refractivity (Wildman–Crippen MR) is 70.9 cm³/mol. The van der Waals surface area contributed by atoms with Crippen molar-refractivity contribution >= 4 is 17.7 Å². The van der Waals surface area contributed by atoms with Gasteiger partial charge in [0.15, 0.2) is 11.6 Å². The van der Waals surface area contributed by atoms with Crippen LogP contribution in [0.4, 0.5) is 16.2 Å². The fourth-order valence-corrected chi connectivity index (χ4v) is 1.36. The van der Waals surface area contributed by atoms with Gasteiger partial charge in [-0.05, 0) is 5.92 Å². The summed E-state index contributed by atoms with van der Waals surface area (Å²) in [6.45, 7) is 4.57. The zero-order valence-electron chi connectivity index (χ0n) is 11.3. The summed E-state index contributed by atoms with van der Waals surface area (Å²) < 4.78 is 13.6. The Balaban J connectivity index is 2.67.